The van der Waals surface area contributed by atoms with Gasteiger partial charge in [0.05, 0.1) is 12.0 Å². The molecule has 2 aliphatic rings. The zero-order valence-electron chi connectivity index (χ0n) is 12.8. The molecule has 1 aliphatic carbocycles. The lowest BCUT2D eigenvalue weighted by atomic mass is 10.0. The van der Waals surface area contributed by atoms with E-state index in [9.17, 15) is 0 Å². The number of fused-ring (bicyclic) bond motifs is 1. The number of nitrogens with zero attached hydrogens (tertiary/aromatic N) is 4. The van der Waals surface area contributed by atoms with Gasteiger partial charge in [-0.05, 0) is 43.7 Å². The van der Waals surface area contributed by atoms with Crippen molar-refractivity contribution in [1.29, 1.82) is 0 Å². The fraction of sp³-hybridized carbons (Fsp3) is 0.588. The van der Waals surface area contributed by atoms with Gasteiger partial charge in [-0.15, -0.1) is 0 Å². The maximum absolute atomic E-state index is 4.65. The smallest absolute Gasteiger partial charge is 0.0954 e. The molecule has 3 heterocycles. The van der Waals surface area contributed by atoms with Crippen LogP contribution in [-0.4, -0.2) is 32.1 Å². The molecule has 2 aromatic heterocycles. The highest BCUT2D eigenvalue weighted by molar-refractivity contribution is 5.18. The number of hydrogen-bond donors (Lipinski definition) is 0. The Morgan fingerprint density at radius 1 is 1.29 bits per heavy atom. The largest absolute Gasteiger partial charge is 0.357 e. The van der Waals surface area contributed by atoms with Crippen molar-refractivity contribution in [2.75, 3.05) is 13.1 Å². The standard InChI is InChI=1S/C17H24N4/c1-19-8-6-14(10-19)11-20-9-7-15(12-20)21-13-18-16-4-2-3-5-17(16)21/h6,8,10,13,15H,2-5,7,9,11-12H2,1H3. The van der Waals surface area contributed by atoms with Gasteiger partial charge >= 0.3 is 0 Å². The van der Waals surface area contributed by atoms with Crippen LogP contribution in [0.15, 0.2) is 24.8 Å². The zero-order chi connectivity index (χ0) is 14.2. The number of imidazole rings is 1. The van der Waals surface area contributed by atoms with Gasteiger partial charge < -0.3 is 9.13 Å². The first-order valence-corrected chi connectivity index (χ1v) is 8.17. The molecule has 2 aromatic rings. The normalized spacial score (nSPS) is 22.6. The molecule has 1 saturated heterocycles. The van der Waals surface area contributed by atoms with Crippen molar-refractivity contribution in [3.05, 3.63) is 41.7 Å². The molecule has 4 heteroatoms. The summed E-state index contributed by atoms with van der Waals surface area (Å²) in [4.78, 5) is 7.23. The summed E-state index contributed by atoms with van der Waals surface area (Å²) in [5, 5.41) is 0. The molecule has 0 N–H and O–H groups in total. The van der Waals surface area contributed by atoms with Crippen LogP contribution in [-0.2, 0) is 26.4 Å². The minimum Gasteiger partial charge on any atom is -0.357 e. The third kappa shape index (κ3) is 2.53. The second kappa shape index (κ2) is 5.34. The fourth-order valence-electron chi connectivity index (χ4n) is 3.90. The molecule has 4 nitrogen and oxygen atoms in total. The molecular weight excluding hydrogens is 260 g/mol. The average Bonchev–Trinajstić information content (AvgIpc) is 3.19. The van der Waals surface area contributed by atoms with Crippen LogP contribution in [0, 0.1) is 0 Å². The summed E-state index contributed by atoms with van der Waals surface area (Å²) in [5.41, 5.74) is 4.31. The highest BCUT2D eigenvalue weighted by atomic mass is 15.2. The number of aromatic nitrogens is 3. The maximum atomic E-state index is 4.65. The summed E-state index contributed by atoms with van der Waals surface area (Å²) >= 11 is 0. The number of likely N-dealkylation sites (tertiary alicyclic amines) is 1. The van der Waals surface area contributed by atoms with Crippen molar-refractivity contribution >= 4 is 0 Å². The predicted molar refractivity (Wildman–Crippen MR) is 83.2 cm³/mol. The van der Waals surface area contributed by atoms with E-state index in [4.69, 9.17) is 0 Å². The Bertz CT molecular complexity index is 625. The lowest BCUT2D eigenvalue weighted by molar-refractivity contribution is 0.315. The Morgan fingerprint density at radius 2 is 2.19 bits per heavy atom. The fourth-order valence-corrected chi connectivity index (χ4v) is 3.90. The molecule has 0 radical (unpaired) electrons. The molecule has 0 spiro atoms. The molecule has 1 atom stereocenters. The van der Waals surface area contributed by atoms with Crippen LogP contribution >= 0.6 is 0 Å². The third-order valence-corrected chi connectivity index (χ3v) is 5.00. The highest BCUT2D eigenvalue weighted by Crippen LogP contribution is 2.28. The zero-order valence-corrected chi connectivity index (χ0v) is 12.8. The molecule has 21 heavy (non-hydrogen) atoms. The van der Waals surface area contributed by atoms with Crippen LogP contribution in [0.2, 0.25) is 0 Å². The SMILES string of the molecule is Cn1ccc(CN2CCC(n3cnc4c3CCCC4)C2)c1. The molecule has 1 fully saturated rings. The van der Waals surface area contributed by atoms with E-state index < -0.39 is 0 Å². The monoisotopic (exact) mass is 284 g/mol. The van der Waals surface area contributed by atoms with Gasteiger partial charge in [0.2, 0.25) is 0 Å². The Hall–Kier alpha value is -1.55. The second-order valence-corrected chi connectivity index (χ2v) is 6.62. The van der Waals surface area contributed by atoms with E-state index in [1.54, 1.807) is 0 Å². The van der Waals surface area contributed by atoms with Crippen LogP contribution in [0.1, 0.15) is 42.3 Å². The topological polar surface area (TPSA) is 26.0 Å². The van der Waals surface area contributed by atoms with Gasteiger partial charge in [0.1, 0.15) is 0 Å². The van der Waals surface area contributed by atoms with E-state index in [1.165, 1.54) is 55.6 Å². The molecule has 0 bridgehead atoms. The van der Waals surface area contributed by atoms with Crippen molar-refractivity contribution in [2.24, 2.45) is 7.05 Å². The van der Waals surface area contributed by atoms with Gasteiger partial charge in [0, 0.05) is 50.8 Å². The van der Waals surface area contributed by atoms with Crippen molar-refractivity contribution in [3.8, 4) is 0 Å². The van der Waals surface area contributed by atoms with E-state index in [0.717, 1.165) is 13.1 Å². The van der Waals surface area contributed by atoms with Crippen molar-refractivity contribution in [1.82, 2.24) is 19.0 Å². The van der Waals surface area contributed by atoms with Gasteiger partial charge in [0.15, 0.2) is 0 Å². The molecular formula is C17H24N4. The molecule has 0 amide bonds. The minimum atomic E-state index is 0.628. The van der Waals surface area contributed by atoms with Gasteiger partial charge in [-0.2, -0.15) is 0 Å². The molecule has 0 aromatic carbocycles. The van der Waals surface area contributed by atoms with Gasteiger partial charge in [-0.3, -0.25) is 4.90 Å². The summed E-state index contributed by atoms with van der Waals surface area (Å²) in [7, 11) is 2.09. The lowest BCUT2D eigenvalue weighted by Crippen LogP contribution is -2.21. The first kappa shape index (κ1) is 13.1. The highest BCUT2D eigenvalue weighted by Gasteiger charge is 2.27. The van der Waals surface area contributed by atoms with Crippen LogP contribution in [0.4, 0.5) is 0 Å². The van der Waals surface area contributed by atoms with Gasteiger partial charge in [0.25, 0.3) is 0 Å². The van der Waals surface area contributed by atoms with E-state index in [2.05, 4.69) is 50.9 Å². The van der Waals surface area contributed by atoms with E-state index >= 15 is 0 Å². The average molecular weight is 284 g/mol. The summed E-state index contributed by atoms with van der Waals surface area (Å²) in [6, 6.07) is 2.86. The molecule has 112 valence electrons. The van der Waals surface area contributed by atoms with E-state index in [-0.39, 0.29) is 0 Å². The van der Waals surface area contributed by atoms with Crippen LogP contribution in [0.25, 0.3) is 0 Å². The van der Waals surface area contributed by atoms with Crippen molar-refractivity contribution in [3.63, 3.8) is 0 Å². The quantitative estimate of drug-likeness (QED) is 0.866. The Morgan fingerprint density at radius 3 is 3.05 bits per heavy atom. The number of hydrogen-bond acceptors (Lipinski definition) is 2. The van der Waals surface area contributed by atoms with Crippen molar-refractivity contribution in [2.45, 2.75) is 44.7 Å². The molecule has 0 saturated carbocycles. The second-order valence-electron chi connectivity index (χ2n) is 6.62. The predicted octanol–water partition coefficient (Wildman–Crippen LogP) is 2.55. The summed E-state index contributed by atoms with van der Waals surface area (Å²) in [6.07, 6.45) is 12.8. The Labute approximate surface area is 126 Å². The van der Waals surface area contributed by atoms with Gasteiger partial charge in [-0.25, -0.2) is 4.98 Å². The van der Waals surface area contributed by atoms with Crippen LogP contribution in [0.5, 0.6) is 0 Å². The first-order valence-electron chi connectivity index (χ1n) is 8.17. The lowest BCUT2D eigenvalue weighted by Gasteiger charge is -2.20. The summed E-state index contributed by atoms with van der Waals surface area (Å²) in [5.74, 6) is 0. The number of rotatable bonds is 3. The molecule has 4 rings (SSSR count). The van der Waals surface area contributed by atoms with Crippen LogP contribution < -0.4 is 0 Å². The van der Waals surface area contributed by atoms with Crippen molar-refractivity contribution < 1.29 is 0 Å². The Balaban J connectivity index is 1.45. The Kier molecular flexibility index (Phi) is 3.34. The van der Waals surface area contributed by atoms with E-state index in [1.807, 2.05) is 0 Å². The summed E-state index contributed by atoms with van der Waals surface area (Å²) < 4.78 is 4.62. The summed E-state index contributed by atoms with van der Waals surface area (Å²) in [6.45, 7) is 3.44. The molecule has 1 unspecified atom stereocenters. The minimum absolute atomic E-state index is 0.628. The van der Waals surface area contributed by atoms with Gasteiger partial charge in [-0.1, -0.05) is 0 Å². The molecule has 1 aliphatic heterocycles. The maximum Gasteiger partial charge on any atom is 0.0954 e. The van der Waals surface area contributed by atoms with Crippen LogP contribution in [0.3, 0.4) is 0 Å². The third-order valence-electron chi connectivity index (χ3n) is 5.00. The van der Waals surface area contributed by atoms with E-state index in [0.29, 0.717) is 6.04 Å². The first-order chi connectivity index (χ1) is 10.3. The number of aryl methyl sites for hydroxylation is 2.